The van der Waals surface area contributed by atoms with Crippen LogP contribution in [0, 0.1) is 5.92 Å². The minimum atomic E-state index is 0.463. The molecule has 168 valence electrons. The highest BCUT2D eigenvalue weighted by Crippen LogP contribution is 2.33. The number of rotatable bonds is 7. The Balaban J connectivity index is 1.27. The minimum absolute atomic E-state index is 0.463. The Hall–Kier alpha value is -3.14. The Kier molecular flexibility index (Phi) is 6.71. The van der Waals surface area contributed by atoms with E-state index in [1.54, 1.807) is 7.11 Å². The molecule has 0 saturated carbocycles. The van der Waals surface area contributed by atoms with Crippen molar-refractivity contribution < 1.29 is 9.47 Å². The van der Waals surface area contributed by atoms with Gasteiger partial charge in [0.2, 0.25) is 0 Å². The second-order valence-corrected chi connectivity index (χ2v) is 8.91. The SMILES string of the molecule is COc1ccc(-c2cccc([C@H]3CCNC[C@@H]3COCc3ccc4ccccc4c3)c2)cc1. The average Bonchev–Trinajstić information content (AvgIpc) is 2.89. The Morgan fingerprint density at radius 2 is 1.67 bits per heavy atom. The van der Waals surface area contributed by atoms with Crippen molar-refractivity contribution in [1.82, 2.24) is 5.32 Å². The molecular formula is C30H31NO2. The van der Waals surface area contributed by atoms with Gasteiger partial charge in [-0.05, 0) is 70.1 Å². The lowest BCUT2D eigenvalue weighted by molar-refractivity contribution is 0.0701. The van der Waals surface area contributed by atoms with Crippen LogP contribution < -0.4 is 10.1 Å². The third kappa shape index (κ3) is 5.11. The van der Waals surface area contributed by atoms with Gasteiger partial charge in [0, 0.05) is 12.5 Å². The summed E-state index contributed by atoms with van der Waals surface area (Å²) in [5.74, 6) is 1.85. The van der Waals surface area contributed by atoms with Crippen LogP contribution in [0.3, 0.4) is 0 Å². The molecular weight excluding hydrogens is 406 g/mol. The summed E-state index contributed by atoms with van der Waals surface area (Å²) in [5.41, 5.74) is 5.11. The van der Waals surface area contributed by atoms with E-state index in [1.165, 1.54) is 33.0 Å². The molecule has 3 heteroatoms. The quantitative estimate of drug-likeness (QED) is 0.362. The van der Waals surface area contributed by atoms with Crippen LogP contribution in [0.25, 0.3) is 21.9 Å². The molecule has 0 radical (unpaired) electrons. The molecule has 2 atom stereocenters. The van der Waals surface area contributed by atoms with Crippen LogP contribution >= 0.6 is 0 Å². The number of benzene rings is 4. The maximum absolute atomic E-state index is 6.25. The molecule has 1 N–H and O–H groups in total. The highest BCUT2D eigenvalue weighted by atomic mass is 16.5. The summed E-state index contributed by atoms with van der Waals surface area (Å²) in [6.07, 6.45) is 1.13. The van der Waals surface area contributed by atoms with E-state index in [-0.39, 0.29) is 0 Å². The van der Waals surface area contributed by atoms with Crippen molar-refractivity contribution in [2.24, 2.45) is 5.92 Å². The van der Waals surface area contributed by atoms with Gasteiger partial charge in [-0.2, -0.15) is 0 Å². The molecule has 1 fully saturated rings. The van der Waals surface area contributed by atoms with Gasteiger partial charge in [0.15, 0.2) is 0 Å². The zero-order valence-corrected chi connectivity index (χ0v) is 19.2. The smallest absolute Gasteiger partial charge is 0.118 e. The molecule has 33 heavy (non-hydrogen) atoms. The molecule has 0 spiro atoms. The maximum atomic E-state index is 6.25. The van der Waals surface area contributed by atoms with E-state index in [2.05, 4.69) is 84.2 Å². The van der Waals surface area contributed by atoms with Gasteiger partial charge in [-0.25, -0.2) is 0 Å². The first kappa shape index (κ1) is 21.7. The lowest BCUT2D eigenvalue weighted by Gasteiger charge is -2.32. The third-order valence-corrected chi connectivity index (χ3v) is 6.76. The molecule has 3 nitrogen and oxygen atoms in total. The second-order valence-electron chi connectivity index (χ2n) is 8.91. The maximum Gasteiger partial charge on any atom is 0.118 e. The Morgan fingerprint density at radius 3 is 2.52 bits per heavy atom. The van der Waals surface area contributed by atoms with Crippen LogP contribution in [0.15, 0.2) is 91.0 Å². The summed E-state index contributed by atoms with van der Waals surface area (Å²) in [7, 11) is 1.70. The van der Waals surface area contributed by atoms with Gasteiger partial charge in [-0.15, -0.1) is 0 Å². The normalized spacial score (nSPS) is 18.3. The Labute approximate surface area is 196 Å². The van der Waals surface area contributed by atoms with Crippen LogP contribution in [0.1, 0.15) is 23.5 Å². The number of piperidine rings is 1. The fraction of sp³-hybridized carbons (Fsp3) is 0.267. The Morgan fingerprint density at radius 1 is 0.818 bits per heavy atom. The van der Waals surface area contributed by atoms with Crippen LogP contribution in [-0.2, 0) is 11.3 Å². The zero-order chi connectivity index (χ0) is 22.5. The van der Waals surface area contributed by atoms with Crippen LogP contribution in [-0.4, -0.2) is 26.8 Å². The summed E-state index contributed by atoms with van der Waals surface area (Å²) in [6, 6.07) is 32.4. The van der Waals surface area contributed by atoms with Gasteiger partial charge < -0.3 is 14.8 Å². The number of nitrogens with one attached hydrogen (secondary N) is 1. The topological polar surface area (TPSA) is 30.5 Å². The molecule has 0 aliphatic carbocycles. The summed E-state index contributed by atoms with van der Waals surface area (Å²) in [4.78, 5) is 0. The molecule has 5 rings (SSSR count). The summed E-state index contributed by atoms with van der Waals surface area (Å²) in [5, 5.41) is 6.11. The van der Waals surface area contributed by atoms with Gasteiger partial charge in [0.05, 0.1) is 20.3 Å². The van der Waals surface area contributed by atoms with E-state index in [4.69, 9.17) is 9.47 Å². The summed E-state index contributed by atoms with van der Waals surface area (Å²) < 4.78 is 11.6. The summed E-state index contributed by atoms with van der Waals surface area (Å²) >= 11 is 0. The fourth-order valence-corrected chi connectivity index (χ4v) is 4.93. The van der Waals surface area contributed by atoms with Gasteiger partial charge in [-0.1, -0.05) is 72.8 Å². The molecule has 1 aliphatic rings. The van der Waals surface area contributed by atoms with Crippen LogP contribution in [0.2, 0.25) is 0 Å². The van der Waals surface area contributed by atoms with Crippen molar-refractivity contribution >= 4 is 10.8 Å². The molecule has 1 heterocycles. The molecule has 1 saturated heterocycles. The van der Waals surface area contributed by atoms with Crippen molar-refractivity contribution in [3.8, 4) is 16.9 Å². The van der Waals surface area contributed by atoms with Crippen molar-refractivity contribution in [3.05, 3.63) is 102 Å². The molecule has 0 aromatic heterocycles. The minimum Gasteiger partial charge on any atom is -0.497 e. The number of ether oxygens (including phenoxy) is 2. The van der Waals surface area contributed by atoms with Gasteiger partial charge >= 0.3 is 0 Å². The number of hydrogen-bond donors (Lipinski definition) is 1. The first-order chi connectivity index (χ1) is 16.3. The predicted octanol–water partition coefficient (Wildman–Crippen LogP) is 6.43. The molecule has 0 amide bonds. The van der Waals surface area contributed by atoms with Gasteiger partial charge in [-0.3, -0.25) is 0 Å². The van der Waals surface area contributed by atoms with E-state index in [0.717, 1.165) is 31.9 Å². The first-order valence-corrected chi connectivity index (χ1v) is 11.8. The highest BCUT2D eigenvalue weighted by Gasteiger charge is 2.26. The van der Waals surface area contributed by atoms with Gasteiger partial charge in [0.1, 0.15) is 5.75 Å². The largest absolute Gasteiger partial charge is 0.497 e. The lowest BCUT2D eigenvalue weighted by Crippen LogP contribution is -2.37. The molecule has 1 aliphatic heterocycles. The highest BCUT2D eigenvalue weighted by molar-refractivity contribution is 5.82. The second kappa shape index (κ2) is 10.2. The van der Waals surface area contributed by atoms with E-state index in [0.29, 0.717) is 18.4 Å². The van der Waals surface area contributed by atoms with Crippen LogP contribution in [0.5, 0.6) is 5.75 Å². The standard InChI is InChI=1S/C30H31NO2/c1-32-29-13-11-24(12-14-29)26-7-4-8-27(18-26)30-15-16-31-19-28(30)21-33-20-22-9-10-23-5-2-3-6-25(23)17-22/h2-14,17-18,28,30-31H,15-16,19-21H2,1H3/t28-,30-/m1/s1. The molecule has 4 aromatic rings. The average molecular weight is 438 g/mol. The van der Waals surface area contributed by atoms with E-state index >= 15 is 0 Å². The van der Waals surface area contributed by atoms with Crippen molar-refractivity contribution in [2.75, 3.05) is 26.8 Å². The monoisotopic (exact) mass is 437 g/mol. The fourth-order valence-electron chi connectivity index (χ4n) is 4.93. The lowest BCUT2D eigenvalue weighted by atomic mass is 9.81. The number of methoxy groups -OCH3 is 1. The first-order valence-electron chi connectivity index (χ1n) is 11.8. The van der Waals surface area contributed by atoms with Gasteiger partial charge in [0.25, 0.3) is 0 Å². The number of fused-ring (bicyclic) bond motifs is 1. The molecule has 0 unspecified atom stereocenters. The van der Waals surface area contributed by atoms with E-state index in [9.17, 15) is 0 Å². The molecule has 4 aromatic carbocycles. The Bertz CT molecular complexity index is 1200. The van der Waals surface area contributed by atoms with E-state index in [1.807, 2.05) is 12.1 Å². The van der Waals surface area contributed by atoms with Crippen molar-refractivity contribution in [2.45, 2.75) is 18.9 Å². The predicted molar refractivity (Wildman–Crippen MR) is 136 cm³/mol. The molecule has 0 bridgehead atoms. The zero-order valence-electron chi connectivity index (χ0n) is 19.2. The van der Waals surface area contributed by atoms with Crippen LogP contribution in [0.4, 0.5) is 0 Å². The summed E-state index contributed by atoms with van der Waals surface area (Å²) in [6.45, 7) is 3.46. The van der Waals surface area contributed by atoms with E-state index < -0.39 is 0 Å². The number of hydrogen-bond acceptors (Lipinski definition) is 3. The third-order valence-electron chi connectivity index (χ3n) is 6.76. The van der Waals surface area contributed by atoms with Crippen molar-refractivity contribution in [1.29, 1.82) is 0 Å². The van der Waals surface area contributed by atoms with Crippen molar-refractivity contribution in [3.63, 3.8) is 0 Å².